The minimum Gasteiger partial charge on any atom is -0.291 e. The van der Waals surface area contributed by atoms with Crippen molar-refractivity contribution < 1.29 is 13.2 Å². The van der Waals surface area contributed by atoms with Gasteiger partial charge in [-0.25, -0.2) is 4.68 Å². The first kappa shape index (κ1) is 14.9. The maximum Gasteiger partial charge on any atom is 0.432 e. The van der Waals surface area contributed by atoms with Crippen LogP contribution >= 0.6 is 0 Å². The normalized spacial score (nSPS) is 16.4. The van der Waals surface area contributed by atoms with Gasteiger partial charge in [-0.3, -0.25) is 9.89 Å². The molecule has 118 valence electrons. The number of nitrogens with zero attached hydrogens (tertiary/aromatic N) is 1. The number of benzene rings is 1. The summed E-state index contributed by atoms with van der Waals surface area (Å²) in [4.78, 5) is 11.8. The largest absolute Gasteiger partial charge is 0.432 e. The van der Waals surface area contributed by atoms with Gasteiger partial charge in [0.15, 0.2) is 0 Å². The lowest BCUT2D eigenvalue weighted by Crippen LogP contribution is -2.21. The summed E-state index contributed by atoms with van der Waals surface area (Å²) in [6.45, 7) is 1.72. The molecule has 3 nitrogen and oxygen atoms in total. The molecular formula is C16H17F3N2O. The Balaban J connectivity index is 1.96. The molecule has 0 aliphatic heterocycles. The van der Waals surface area contributed by atoms with E-state index in [0.717, 1.165) is 29.5 Å². The third kappa shape index (κ3) is 2.69. The van der Waals surface area contributed by atoms with Crippen LogP contribution in [-0.2, 0) is 19.0 Å². The maximum atomic E-state index is 12.7. The summed E-state index contributed by atoms with van der Waals surface area (Å²) in [6.07, 6.45) is -0.202. The van der Waals surface area contributed by atoms with E-state index < -0.39 is 23.5 Å². The number of aryl methyl sites for hydroxylation is 2. The van der Waals surface area contributed by atoms with Crippen LogP contribution < -0.4 is 5.56 Å². The molecular weight excluding hydrogens is 293 g/mol. The van der Waals surface area contributed by atoms with Crippen molar-refractivity contribution in [2.75, 3.05) is 0 Å². The molecule has 1 aliphatic carbocycles. The van der Waals surface area contributed by atoms with Crippen LogP contribution in [0.3, 0.4) is 0 Å². The third-order valence-corrected chi connectivity index (χ3v) is 4.29. The first-order valence-electron chi connectivity index (χ1n) is 7.36. The molecule has 1 unspecified atom stereocenters. The molecule has 0 saturated heterocycles. The van der Waals surface area contributed by atoms with Crippen LogP contribution in [0.2, 0.25) is 0 Å². The molecule has 1 N–H and O–H groups in total. The molecule has 1 heterocycles. The van der Waals surface area contributed by atoms with Gasteiger partial charge in [0.25, 0.3) is 5.56 Å². The van der Waals surface area contributed by atoms with Gasteiger partial charge < -0.3 is 0 Å². The zero-order chi connectivity index (χ0) is 15.9. The van der Waals surface area contributed by atoms with Crippen molar-refractivity contribution >= 4 is 0 Å². The van der Waals surface area contributed by atoms with Crippen molar-refractivity contribution in [2.24, 2.45) is 0 Å². The van der Waals surface area contributed by atoms with E-state index in [-0.39, 0.29) is 0 Å². The Morgan fingerprint density at radius 3 is 2.45 bits per heavy atom. The Morgan fingerprint density at radius 2 is 1.82 bits per heavy atom. The predicted octanol–water partition coefficient (Wildman–Crippen LogP) is 3.68. The van der Waals surface area contributed by atoms with Crippen LogP contribution in [0.1, 0.15) is 48.2 Å². The van der Waals surface area contributed by atoms with E-state index in [4.69, 9.17) is 0 Å². The van der Waals surface area contributed by atoms with Crippen LogP contribution in [0.4, 0.5) is 13.2 Å². The second-order valence-electron chi connectivity index (χ2n) is 5.79. The van der Waals surface area contributed by atoms with E-state index in [1.165, 1.54) is 17.5 Å². The summed E-state index contributed by atoms with van der Waals surface area (Å²) in [6, 6.07) is 6.08. The summed E-state index contributed by atoms with van der Waals surface area (Å²) < 4.78 is 39.1. The number of hydrogen-bond acceptors (Lipinski definition) is 1. The Morgan fingerprint density at radius 1 is 1.14 bits per heavy atom. The summed E-state index contributed by atoms with van der Waals surface area (Å²) in [5.74, 6) is 0. The Labute approximate surface area is 125 Å². The predicted molar refractivity (Wildman–Crippen MR) is 77.0 cm³/mol. The molecule has 1 aliphatic rings. The first-order chi connectivity index (χ1) is 10.4. The molecule has 2 aromatic rings. The first-order valence-corrected chi connectivity index (χ1v) is 7.36. The van der Waals surface area contributed by atoms with Crippen molar-refractivity contribution in [1.82, 2.24) is 9.78 Å². The van der Waals surface area contributed by atoms with Crippen molar-refractivity contribution in [3.8, 4) is 0 Å². The van der Waals surface area contributed by atoms with E-state index in [1.54, 1.807) is 6.92 Å². The van der Waals surface area contributed by atoms with Crippen molar-refractivity contribution in [3.63, 3.8) is 0 Å². The van der Waals surface area contributed by atoms with Gasteiger partial charge in [-0.15, -0.1) is 0 Å². The van der Waals surface area contributed by atoms with Crippen molar-refractivity contribution in [1.29, 1.82) is 0 Å². The molecule has 0 radical (unpaired) electrons. The summed E-state index contributed by atoms with van der Waals surface area (Å²) in [5, 5.41) is 2.18. The Bertz CT molecular complexity index is 743. The van der Waals surface area contributed by atoms with Crippen LogP contribution in [0, 0.1) is 0 Å². The molecule has 22 heavy (non-hydrogen) atoms. The van der Waals surface area contributed by atoms with Crippen LogP contribution in [0.5, 0.6) is 0 Å². The number of aromatic amines is 1. The van der Waals surface area contributed by atoms with Gasteiger partial charge in [-0.2, -0.15) is 13.2 Å². The standard InChI is InChI=1S/C16H17F3N2O/c1-10(21-15(22)9-14(20-21)16(17,18)19)12-7-6-11-4-2-3-5-13(11)8-12/h6-10,20H,2-5H2,1H3. The van der Waals surface area contributed by atoms with E-state index in [9.17, 15) is 18.0 Å². The SMILES string of the molecule is CC(c1ccc2c(c1)CCCC2)n1[nH]c(C(F)(F)F)cc1=O. The van der Waals surface area contributed by atoms with Crippen LogP contribution in [0.15, 0.2) is 29.1 Å². The quantitative estimate of drug-likeness (QED) is 0.902. The number of alkyl halides is 3. The Hall–Kier alpha value is -1.98. The number of rotatable bonds is 2. The van der Waals surface area contributed by atoms with E-state index in [2.05, 4.69) is 5.10 Å². The summed E-state index contributed by atoms with van der Waals surface area (Å²) in [7, 11) is 0. The highest BCUT2D eigenvalue weighted by atomic mass is 19.4. The topological polar surface area (TPSA) is 37.8 Å². The average Bonchev–Trinajstić information content (AvgIpc) is 2.88. The fourth-order valence-electron chi connectivity index (χ4n) is 3.01. The maximum absolute atomic E-state index is 12.7. The highest BCUT2D eigenvalue weighted by Gasteiger charge is 2.34. The second-order valence-corrected chi connectivity index (χ2v) is 5.79. The molecule has 3 rings (SSSR count). The monoisotopic (exact) mass is 310 g/mol. The number of H-pyrrole nitrogens is 1. The lowest BCUT2D eigenvalue weighted by Gasteiger charge is -2.19. The van der Waals surface area contributed by atoms with E-state index in [0.29, 0.717) is 6.07 Å². The second kappa shape index (κ2) is 5.34. The zero-order valence-electron chi connectivity index (χ0n) is 12.2. The number of aromatic nitrogens is 2. The fraction of sp³-hybridized carbons (Fsp3) is 0.438. The lowest BCUT2D eigenvalue weighted by atomic mass is 9.89. The molecule has 6 heteroatoms. The van der Waals surface area contributed by atoms with Crippen molar-refractivity contribution in [3.05, 3.63) is 57.0 Å². The fourth-order valence-corrected chi connectivity index (χ4v) is 3.01. The van der Waals surface area contributed by atoms with Crippen LogP contribution in [0.25, 0.3) is 0 Å². The van der Waals surface area contributed by atoms with Gasteiger partial charge in [0, 0.05) is 6.07 Å². The van der Waals surface area contributed by atoms with Gasteiger partial charge in [0.05, 0.1) is 6.04 Å². The van der Waals surface area contributed by atoms with E-state index >= 15 is 0 Å². The molecule has 1 aromatic heterocycles. The average molecular weight is 310 g/mol. The molecule has 1 atom stereocenters. The highest BCUT2D eigenvalue weighted by molar-refractivity contribution is 5.35. The van der Waals surface area contributed by atoms with Gasteiger partial charge >= 0.3 is 6.18 Å². The lowest BCUT2D eigenvalue weighted by molar-refractivity contribution is -0.141. The number of fused-ring (bicyclic) bond motifs is 1. The minimum absolute atomic E-state index is 0.462. The summed E-state index contributed by atoms with van der Waals surface area (Å²) >= 11 is 0. The number of nitrogens with one attached hydrogen (secondary N) is 1. The Kier molecular flexibility index (Phi) is 3.62. The summed E-state index contributed by atoms with van der Waals surface area (Å²) in [5.41, 5.74) is 1.71. The molecule has 0 fully saturated rings. The zero-order valence-corrected chi connectivity index (χ0v) is 12.2. The smallest absolute Gasteiger partial charge is 0.291 e. The number of hydrogen-bond donors (Lipinski definition) is 1. The van der Waals surface area contributed by atoms with Gasteiger partial charge in [0.1, 0.15) is 5.69 Å². The minimum atomic E-state index is -4.54. The van der Waals surface area contributed by atoms with Gasteiger partial charge in [-0.1, -0.05) is 18.2 Å². The van der Waals surface area contributed by atoms with Crippen LogP contribution in [-0.4, -0.2) is 9.78 Å². The van der Waals surface area contributed by atoms with E-state index in [1.807, 2.05) is 18.2 Å². The van der Waals surface area contributed by atoms with Gasteiger partial charge in [-0.05, 0) is 49.3 Å². The molecule has 0 spiro atoms. The molecule has 0 amide bonds. The molecule has 1 aromatic carbocycles. The third-order valence-electron chi connectivity index (χ3n) is 4.29. The molecule has 0 bridgehead atoms. The van der Waals surface area contributed by atoms with Gasteiger partial charge in [0.2, 0.25) is 0 Å². The van der Waals surface area contributed by atoms with Crippen molar-refractivity contribution in [2.45, 2.75) is 44.8 Å². The number of halogens is 3. The molecule has 0 saturated carbocycles. The highest BCUT2D eigenvalue weighted by Crippen LogP contribution is 2.28.